The zero-order valence-corrected chi connectivity index (χ0v) is 13.8. The molecule has 0 unspecified atom stereocenters. The first-order valence-electron chi connectivity index (χ1n) is 4.85. The van der Waals surface area contributed by atoms with E-state index in [2.05, 4.69) is 21.1 Å². The third-order valence-electron chi connectivity index (χ3n) is 2.24. The minimum absolute atomic E-state index is 0. The molecular weight excluding hydrogens is 325 g/mol. The van der Waals surface area contributed by atoms with Gasteiger partial charge in [-0.15, -0.1) is 0 Å². The molecule has 0 aromatic rings. The zero-order valence-electron chi connectivity index (χ0n) is 10.7. The SMILES string of the molecule is CO[Si](CCC[N+](C)(C)C)(OC)OC.[I-]. The van der Waals surface area contributed by atoms with Gasteiger partial charge < -0.3 is 41.7 Å². The molecule has 0 rings (SSSR count). The number of rotatable bonds is 7. The van der Waals surface area contributed by atoms with Crippen LogP contribution in [0, 0.1) is 0 Å². The molecule has 0 aliphatic heterocycles. The van der Waals surface area contributed by atoms with E-state index in [4.69, 9.17) is 13.3 Å². The van der Waals surface area contributed by atoms with Crippen molar-refractivity contribution in [1.82, 2.24) is 0 Å². The molecule has 4 nitrogen and oxygen atoms in total. The molecule has 94 valence electrons. The Labute approximate surface area is 112 Å². The van der Waals surface area contributed by atoms with E-state index in [1.165, 1.54) is 0 Å². The van der Waals surface area contributed by atoms with E-state index in [-0.39, 0.29) is 24.0 Å². The second-order valence-electron chi connectivity index (χ2n) is 4.41. The van der Waals surface area contributed by atoms with Gasteiger partial charge in [-0.1, -0.05) is 0 Å². The Morgan fingerprint density at radius 1 is 0.933 bits per heavy atom. The van der Waals surface area contributed by atoms with Crippen LogP contribution in [0.25, 0.3) is 0 Å². The van der Waals surface area contributed by atoms with Gasteiger partial charge in [0.25, 0.3) is 0 Å². The summed E-state index contributed by atoms with van der Waals surface area (Å²) in [6.07, 6.45) is 1.06. The molecule has 0 aromatic carbocycles. The molecule has 0 amide bonds. The predicted octanol–water partition coefficient (Wildman–Crippen LogP) is -2.04. The third kappa shape index (κ3) is 7.64. The standard InChI is InChI=1S/C9H24NO3Si.HI/c1-10(2,3)8-7-9-14(11-4,12-5)13-6;/h7-9H2,1-6H3;1H/q+1;/p-1. The average molecular weight is 349 g/mol. The summed E-state index contributed by atoms with van der Waals surface area (Å²) in [5.41, 5.74) is 0. The lowest BCUT2D eigenvalue weighted by molar-refractivity contribution is -0.870. The van der Waals surface area contributed by atoms with Gasteiger partial charge in [-0.2, -0.15) is 0 Å². The normalized spacial score (nSPS) is 12.4. The Morgan fingerprint density at radius 3 is 1.60 bits per heavy atom. The summed E-state index contributed by atoms with van der Waals surface area (Å²) in [5.74, 6) is 0. The summed E-state index contributed by atoms with van der Waals surface area (Å²) >= 11 is 0. The first-order valence-corrected chi connectivity index (χ1v) is 6.78. The topological polar surface area (TPSA) is 27.7 Å². The largest absolute Gasteiger partial charge is 1.00 e. The highest BCUT2D eigenvalue weighted by Crippen LogP contribution is 2.15. The van der Waals surface area contributed by atoms with Gasteiger partial charge in [0, 0.05) is 33.8 Å². The summed E-state index contributed by atoms with van der Waals surface area (Å²) < 4.78 is 17.0. The average Bonchev–Trinajstić information content (AvgIpc) is 2.11. The summed E-state index contributed by atoms with van der Waals surface area (Å²) in [7, 11) is 9.18. The molecule has 0 atom stereocenters. The van der Waals surface area contributed by atoms with Gasteiger partial charge in [-0.25, -0.2) is 0 Å². The lowest BCUT2D eigenvalue weighted by atomic mass is 10.4. The van der Waals surface area contributed by atoms with Crippen molar-refractivity contribution in [3.05, 3.63) is 0 Å². The molecule has 0 heterocycles. The van der Waals surface area contributed by atoms with Gasteiger partial charge in [0.1, 0.15) is 0 Å². The first-order chi connectivity index (χ1) is 6.39. The maximum Gasteiger partial charge on any atom is 0.500 e. The number of hydrogen-bond donors (Lipinski definition) is 0. The number of quaternary nitrogens is 1. The van der Waals surface area contributed by atoms with Crippen LogP contribution in [0.1, 0.15) is 6.42 Å². The fourth-order valence-electron chi connectivity index (χ4n) is 1.33. The van der Waals surface area contributed by atoms with Crippen molar-refractivity contribution in [3.63, 3.8) is 0 Å². The molecule has 6 heteroatoms. The first kappa shape index (κ1) is 18.2. The third-order valence-corrected chi connectivity index (χ3v) is 5.08. The molecule has 0 N–H and O–H groups in total. The van der Waals surface area contributed by atoms with Crippen molar-refractivity contribution in [2.24, 2.45) is 0 Å². The van der Waals surface area contributed by atoms with Crippen molar-refractivity contribution < 1.29 is 41.7 Å². The maximum atomic E-state index is 5.34. The van der Waals surface area contributed by atoms with Crippen LogP contribution in [0.2, 0.25) is 6.04 Å². The Kier molecular flexibility index (Phi) is 9.64. The maximum absolute atomic E-state index is 5.34. The molecule has 0 aliphatic rings. The molecule has 0 fully saturated rings. The van der Waals surface area contributed by atoms with E-state index in [0.29, 0.717) is 0 Å². The second-order valence-corrected chi connectivity index (χ2v) is 7.50. The Bertz CT molecular complexity index is 152. The van der Waals surface area contributed by atoms with E-state index in [1.54, 1.807) is 21.3 Å². The summed E-state index contributed by atoms with van der Waals surface area (Å²) in [6, 6.07) is 0.881. The Balaban J connectivity index is 0. The van der Waals surface area contributed by atoms with E-state index < -0.39 is 8.80 Å². The lowest BCUT2D eigenvalue weighted by Gasteiger charge is -2.27. The molecule has 15 heavy (non-hydrogen) atoms. The van der Waals surface area contributed by atoms with Gasteiger partial charge in [-0.05, 0) is 0 Å². The van der Waals surface area contributed by atoms with Gasteiger partial charge in [0.2, 0.25) is 0 Å². The van der Waals surface area contributed by atoms with Crippen molar-refractivity contribution in [2.45, 2.75) is 12.5 Å². The molecule has 0 bridgehead atoms. The minimum Gasteiger partial charge on any atom is -1.00 e. The molecule has 0 spiro atoms. The van der Waals surface area contributed by atoms with Crippen molar-refractivity contribution in [3.8, 4) is 0 Å². The highest BCUT2D eigenvalue weighted by molar-refractivity contribution is 6.60. The number of nitrogens with zero attached hydrogens (tertiary/aromatic N) is 1. The molecule has 0 aromatic heterocycles. The predicted molar refractivity (Wildman–Crippen MR) is 59.1 cm³/mol. The Hall–Kier alpha value is 0.787. The van der Waals surface area contributed by atoms with Gasteiger partial charge in [-0.3, -0.25) is 0 Å². The van der Waals surface area contributed by atoms with E-state index >= 15 is 0 Å². The number of hydrogen-bond acceptors (Lipinski definition) is 3. The van der Waals surface area contributed by atoms with Crippen LogP contribution in [0.15, 0.2) is 0 Å². The molecule has 0 saturated heterocycles. The molecule has 0 saturated carbocycles. The minimum atomic E-state index is -2.33. The van der Waals surface area contributed by atoms with Crippen LogP contribution in [-0.4, -0.2) is 62.3 Å². The number of halogens is 1. The van der Waals surface area contributed by atoms with Crippen molar-refractivity contribution >= 4 is 8.80 Å². The van der Waals surface area contributed by atoms with Crippen LogP contribution in [0.4, 0.5) is 0 Å². The van der Waals surface area contributed by atoms with Crippen molar-refractivity contribution in [2.75, 3.05) is 49.0 Å². The fourth-order valence-corrected chi connectivity index (χ4v) is 3.03. The monoisotopic (exact) mass is 349 g/mol. The Morgan fingerprint density at radius 2 is 1.33 bits per heavy atom. The van der Waals surface area contributed by atoms with Crippen LogP contribution in [0.5, 0.6) is 0 Å². The molecular formula is C9H24INO3Si. The zero-order chi connectivity index (χ0) is 11.2. The van der Waals surface area contributed by atoms with Crippen LogP contribution in [0.3, 0.4) is 0 Å². The van der Waals surface area contributed by atoms with E-state index in [9.17, 15) is 0 Å². The smallest absolute Gasteiger partial charge is 0.500 e. The van der Waals surface area contributed by atoms with E-state index in [0.717, 1.165) is 23.5 Å². The van der Waals surface area contributed by atoms with Crippen LogP contribution < -0.4 is 24.0 Å². The molecule has 0 radical (unpaired) electrons. The van der Waals surface area contributed by atoms with Crippen LogP contribution in [-0.2, 0) is 13.3 Å². The second kappa shape index (κ2) is 7.96. The lowest BCUT2D eigenvalue weighted by Crippen LogP contribution is -3.00. The summed E-state index contributed by atoms with van der Waals surface area (Å²) in [4.78, 5) is 0. The fraction of sp³-hybridized carbons (Fsp3) is 1.00. The molecule has 0 aliphatic carbocycles. The van der Waals surface area contributed by atoms with Gasteiger partial charge >= 0.3 is 8.80 Å². The summed E-state index contributed by atoms with van der Waals surface area (Å²) in [6.45, 7) is 1.10. The van der Waals surface area contributed by atoms with Crippen molar-refractivity contribution in [1.29, 1.82) is 0 Å². The van der Waals surface area contributed by atoms with Gasteiger partial charge in [0.05, 0.1) is 27.7 Å². The van der Waals surface area contributed by atoms with Gasteiger partial charge in [0.15, 0.2) is 0 Å². The summed E-state index contributed by atoms with van der Waals surface area (Å²) in [5, 5.41) is 0. The highest BCUT2D eigenvalue weighted by atomic mass is 127. The van der Waals surface area contributed by atoms with E-state index in [1.807, 2.05) is 0 Å². The quantitative estimate of drug-likeness (QED) is 0.301. The van der Waals surface area contributed by atoms with Crippen LogP contribution >= 0.6 is 0 Å². The highest BCUT2D eigenvalue weighted by Gasteiger charge is 2.37.